The number of esters is 4. The Morgan fingerprint density at radius 1 is 0.577 bits per heavy atom. The van der Waals surface area contributed by atoms with E-state index in [1.807, 2.05) is 41.5 Å². The molecule has 12 nitrogen and oxygen atoms in total. The molecule has 0 radical (unpaired) electrons. The van der Waals surface area contributed by atoms with Gasteiger partial charge in [-0.25, -0.2) is 19.2 Å². The Balaban J connectivity index is 3.47. The number of ether oxygens (including phenoxy) is 8. The molecule has 1 aliphatic carbocycles. The van der Waals surface area contributed by atoms with Gasteiger partial charge in [0.25, 0.3) is 0 Å². The number of carbonyl (C=O) groups excluding carboxylic acids is 4. The van der Waals surface area contributed by atoms with Crippen LogP contribution in [0.3, 0.4) is 0 Å². The number of carbonyl (C=O) groups is 4. The molecule has 0 spiro atoms. The molecule has 52 heavy (non-hydrogen) atoms. The van der Waals surface area contributed by atoms with Crippen LogP contribution in [0.15, 0.2) is 50.6 Å². The van der Waals surface area contributed by atoms with E-state index in [9.17, 15) is 19.2 Å². The highest BCUT2D eigenvalue weighted by atomic mass is 16.6. The molecule has 3 atom stereocenters. The molecule has 0 saturated heterocycles. The first-order chi connectivity index (χ1) is 23.8. The van der Waals surface area contributed by atoms with Crippen LogP contribution < -0.4 is 0 Å². The fraction of sp³-hybridized carbons (Fsp3) is 0.700. The minimum Gasteiger partial charge on any atom is -0.460 e. The topological polar surface area (TPSA) is 142 Å². The quantitative estimate of drug-likeness (QED) is 0.0434. The van der Waals surface area contributed by atoms with Gasteiger partial charge in [0.05, 0.1) is 49.8 Å². The van der Waals surface area contributed by atoms with E-state index in [0.717, 1.165) is 24.3 Å². The number of hydrogen-bond acceptors (Lipinski definition) is 12. The zero-order valence-electron chi connectivity index (χ0n) is 33.3. The lowest BCUT2D eigenvalue weighted by atomic mass is 9.76. The van der Waals surface area contributed by atoms with E-state index in [1.54, 1.807) is 27.7 Å². The largest absolute Gasteiger partial charge is 0.460 e. The van der Waals surface area contributed by atoms with Crippen LogP contribution in [0.25, 0.3) is 0 Å². The molecule has 296 valence electrons. The second-order valence-electron chi connectivity index (χ2n) is 16.3. The van der Waals surface area contributed by atoms with E-state index in [0.29, 0.717) is 38.7 Å². The Kier molecular flexibility index (Phi) is 17.2. The highest BCUT2D eigenvalue weighted by Gasteiger charge is 2.62. The molecule has 0 N–H and O–H groups in total. The first-order valence-corrected chi connectivity index (χ1v) is 17.7. The van der Waals surface area contributed by atoms with Crippen molar-refractivity contribution < 1.29 is 57.1 Å². The second kappa shape index (κ2) is 19.1. The summed E-state index contributed by atoms with van der Waals surface area (Å²) in [5.74, 6) is -2.14. The van der Waals surface area contributed by atoms with Crippen LogP contribution in [0.5, 0.6) is 0 Å². The average molecular weight is 737 g/mol. The standard InChI is InChI=1S/C40H64O12/c1-15-30(41)46-24-23-45-29-40(25-36(9,10)47-21-19-34(5,6)50-31(42)16-2)26-38(13,48-22-20-35(7,8)51-32(43)17-3)39(14,27-40)49-28-37(11,12)52-33(44)18-4/h15-18H,1-4,19-29H2,5-14H3. The molecule has 0 amide bonds. The maximum atomic E-state index is 12.1. The van der Waals surface area contributed by atoms with Crippen molar-refractivity contribution >= 4 is 23.9 Å². The molecule has 1 aliphatic rings. The number of hydrogen-bond donors (Lipinski definition) is 0. The molecule has 0 bridgehead atoms. The smallest absolute Gasteiger partial charge is 0.330 e. The SMILES string of the molecule is C=CC(=O)OCCOCC1(CC(C)(C)OCCC(C)(C)OC(=O)C=C)CC(C)(OCCC(C)(C)OC(=O)C=C)C(C)(OCC(C)(C)OC(=O)C=C)C1. The van der Waals surface area contributed by atoms with Crippen LogP contribution >= 0.6 is 0 Å². The van der Waals surface area contributed by atoms with Crippen LogP contribution in [0.1, 0.15) is 101 Å². The van der Waals surface area contributed by atoms with Gasteiger partial charge in [-0.15, -0.1) is 0 Å². The van der Waals surface area contributed by atoms with Crippen molar-refractivity contribution in [3.8, 4) is 0 Å². The van der Waals surface area contributed by atoms with E-state index in [-0.39, 0.29) is 33.0 Å². The first-order valence-electron chi connectivity index (χ1n) is 17.7. The third-order valence-corrected chi connectivity index (χ3v) is 9.08. The Morgan fingerprint density at radius 3 is 1.50 bits per heavy atom. The van der Waals surface area contributed by atoms with E-state index in [2.05, 4.69) is 26.3 Å². The summed E-state index contributed by atoms with van der Waals surface area (Å²) < 4.78 is 47.9. The summed E-state index contributed by atoms with van der Waals surface area (Å²) in [6, 6.07) is 0. The Hall–Kier alpha value is -3.32. The molecular weight excluding hydrogens is 672 g/mol. The summed E-state index contributed by atoms with van der Waals surface area (Å²) >= 11 is 0. The minimum atomic E-state index is -0.989. The molecule has 0 aromatic heterocycles. The monoisotopic (exact) mass is 736 g/mol. The van der Waals surface area contributed by atoms with E-state index >= 15 is 0 Å². The fourth-order valence-corrected chi connectivity index (χ4v) is 6.56. The van der Waals surface area contributed by atoms with Gasteiger partial charge in [-0.1, -0.05) is 26.3 Å². The lowest BCUT2D eigenvalue weighted by molar-refractivity contribution is -0.205. The predicted octanol–water partition coefficient (Wildman–Crippen LogP) is 6.55. The zero-order valence-corrected chi connectivity index (χ0v) is 33.3. The van der Waals surface area contributed by atoms with Crippen molar-refractivity contribution in [2.24, 2.45) is 5.41 Å². The highest BCUT2D eigenvalue weighted by molar-refractivity contribution is 5.82. The van der Waals surface area contributed by atoms with Crippen LogP contribution in [-0.4, -0.2) is 97.1 Å². The van der Waals surface area contributed by atoms with Crippen molar-refractivity contribution in [3.05, 3.63) is 50.6 Å². The summed E-state index contributed by atoms with van der Waals surface area (Å²) in [4.78, 5) is 47.6. The third kappa shape index (κ3) is 15.7. The van der Waals surface area contributed by atoms with E-state index < -0.39 is 62.9 Å². The van der Waals surface area contributed by atoms with Gasteiger partial charge >= 0.3 is 23.9 Å². The average Bonchev–Trinajstić information content (AvgIpc) is 3.23. The van der Waals surface area contributed by atoms with Crippen molar-refractivity contribution in [1.29, 1.82) is 0 Å². The van der Waals surface area contributed by atoms with Crippen LogP contribution in [-0.2, 0) is 57.1 Å². The molecule has 1 fully saturated rings. The normalized spacial score (nSPS) is 22.2. The molecule has 1 rings (SSSR count). The zero-order chi connectivity index (χ0) is 40.1. The lowest BCUT2D eigenvalue weighted by Gasteiger charge is -2.42. The van der Waals surface area contributed by atoms with Gasteiger partial charge in [0, 0.05) is 42.6 Å². The molecular formula is C40H64O12. The van der Waals surface area contributed by atoms with Crippen molar-refractivity contribution in [1.82, 2.24) is 0 Å². The molecule has 0 aromatic carbocycles. The molecule has 0 aromatic rings. The van der Waals surface area contributed by atoms with Gasteiger partial charge in [-0.3, -0.25) is 0 Å². The first kappa shape index (κ1) is 46.7. The molecule has 0 aliphatic heterocycles. The van der Waals surface area contributed by atoms with E-state index in [4.69, 9.17) is 37.9 Å². The fourth-order valence-electron chi connectivity index (χ4n) is 6.56. The lowest BCUT2D eigenvalue weighted by Crippen LogP contribution is -2.52. The van der Waals surface area contributed by atoms with Crippen LogP contribution in [0.2, 0.25) is 0 Å². The van der Waals surface area contributed by atoms with Gasteiger partial charge in [0.2, 0.25) is 0 Å². The maximum Gasteiger partial charge on any atom is 0.330 e. The summed E-state index contributed by atoms with van der Waals surface area (Å²) in [7, 11) is 0. The van der Waals surface area contributed by atoms with Crippen LogP contribution in [0.4, 0.5) is 0 Å². The predicted molar refractivity (Wildman–Crippen MR) is 197 cm³/mol. The summed E-state index contributed by atoms with van der Waals surface area (Å²) in [5, 5.41) is 0. The molecule has 12 heteroatoms. The minimum absolute atomic E-state index is 0.0439. The van der Waals surface area contributed by atoms with Crippen LogP contribution in [0, 0.1) is 5.41 Å². The summed E-state index contributed by atoms with van der Waals surface area (Å²) in [5.41, 5.74) is -5.73. The van der Waals surface area contributed by atoms with Crippen molar-refractivity contribution in [3.63, 3.8) is 0 Å². The Bertz CT molecular complexity index is 1280. The van der Waals surface area contributed by atoms with Crippen molar-refractivity contribution in [2.75, 3.05) is 39.6 Å². The van der Waals surface area contributed by atoms with Gasteiger partial charge in [-0.2, -0.15) is 0 Å². The highest BCUT2D eigenvalue weighted by Crippen LogP contribution is 2.57. The van der Waals surface area contributed by atoms with Gasteiger partial charge in [0.15, 0.2) is 0 Å². The molecule has 0 heterocycles. The van der Waals surface area contributed by atoms with E-state index in [1.165, 1.54) is 0 Å². The Morgan fingerprint density at radius 2 is 1.02 bits per heavy atom. The van der Waals surface area contributed by atoms with Gasteiger partial charge < -0.3 is 37.9 Å². The summed E-state index contributed by atoms with van der Waals surface area (Å²) in [6.07, 6.45) is 6.72. The van der Waals surface area contributed by atoms with Gasteiger partial charge in [0.1, 0.15) is 23.4 Å². The van der Waals surface area contributed by atoms with Gasteiger partial charge in [-0.05, 0) is 88.5 Å². The number of rotatable bonds is 25. The molecule has 1 saturated carbocycles. The molecule has 3 unspecified atom stereocenters. The summed E-state index contributed by atoms with van der Waals surface area (Å²) in [6.45, 7) is 33.6. The van der Waals surface area contributed by atoms with Crippen molar-refractivity contribution in [2.45, 2.75) is 135 Å². The Labute approximate surface area is 311 Å². The maximum absolute atomic E-state index is 12.1. The third-order valence-electron chi connectivity index (χ3n) is 9.08. The second-order valence-corrected chi connectivity index (χ2v) is 16.3.